The number of carbonyl (C=O) groups excluding carboxylic acids is 7. The molecule has 2 atom stereocenters. The predicted octanol–water partition coefficient (Wildman–Crippen LogP) is 1.15. The van der Waals surface area contributed by atoms with Crippen molar-refractivity contribution in [2.75, 3.05) is 43.4 Å². The Kier molecular flexibility index (Phi) is 17.0. The first-order chi connectivity index (χ1) is 23.3. The maximum absolute atomic E-state index is 13.5. The standard InChI is InChI=1S/C33H47N7O8S/c1-5-28(44)38-19-39(29(45)6-2)21-40(20-38)30(46)13-15-49-18-27(43)37-31(22(3)4)26(42)16-24(8-7-14-35-33(34)48)32(47)36-25-11-9-23(17-41)10-12-25/h5-6,9-12,22,24,31,41H,1-2,7-8,13-21H2,3-4H3,(H,36,47)(H,37,43)(H3,34,35,48)/t24-,31+/m1/s1. The number of nitrogens with two attached hydrogens (primary N) is 1. The summed E-state index contributed by atoms with van der Waals surface area (Å²) in [5, 5.41) is 17.3. The van der Waals surface area contributed by atoms with Crippen LogP contribution in [-0.4, -0.2) is 105 Å². The zero-order valence-electron chi connectivity index (χ0n) is 28.0. The molecule has 0 radical (unpaired) electrons. The Bertz CT molecular complexity index is 1340. The molecule has 16 heteroatoms. The minimum atomic E-state index is -0.868. The van der Waals surface area contributed by atoms with Crippen molar-refractivity contribution < 1.29 is 38.7 Å². The number of aliphatic hydroxyl groups excluding tert-OH is 1. The third kappa shape index (κ3) is 13.7. The van der Waals surface area contributed by atoms with Crippen molar-refractivity contribution in [3.8, 4) is 0 Å². The number of aliphatic hydroxyl groups is 1. The molecule has 268 valence electrons. The van der Waals surface area contributed by atoms with Crippen molar-refractivity contribution in [2.24, 2.45) is 17.6 Å². The summed E-state index contributed by atoms with van der Waals surface area (Å²) in [6, 6.07) is 5.05. The van der Waals surface area contributed by atoms with E-state index < -0.39 is 41.6 Å². The summed E-state index contributed by atoms with van der Waals surface area (Å²) in [6.07, 6.45) is 2.74. The van der Waals surface area contributed by atoms with Crippen molar-refractivity contribution in [3.05, 3.63) is 55.1 Å². The van der Waals surface area contributed by atoms with E-state index in [1.807, 2.05) is 0 Å². The molecule has 49 heavy (non-hydrogen) atoms. The van der Waals surface area contributed by atoms with Gasteiger partial charge < -0.3 is 41.5 Å². The molecule has 2 rings (SSSR count). The smallest absolute Gasteiger partial charge is 0.312 e. The predicted molar refractivity (Wildman–Crippen MR) is 185 cm³/mol. The Morgan fingerprint density at radius 2 is 1.55 bits per heavy atom. The number of rotatable bonds is 19. The number of Topliss-reactive ketones (excluding diaryl/α,β-unsaturated/α-hetero) is 1. The summed E-state index contributed by atoms with van der Waals surface area (Å²) in [4.78, 5) is 91.8. The zero-order chi connectivity index (χ0) is 36.5. The van der Waals surface area contributed by atoms with E-state index in [2.05, 4.69) is 29.1 Å². The largest absolute Gasteiger partial charge is 0.392 e. The normalized spacial score (nSPS) is 14.0. The molecule has 1 aromatic rings. The third-order valence-corrected chi connectivity index (χ3v) is 8.58. The van der Waals surface area contributed by atoms with Gasteiger partial charge in [-0.15, -0.1) is 0 Å². The van der Waals surface area contributed by atoms with Gasteiger partial charge in [0.2, 0.25) is 29.5 Å². The number of urea groups is 1. The van der Waals surface area contributed by atoms with Crippen molar-refractivity contribution in [2.45, 2.75) is 52.2 Å². The summed E-state index contributed by atoms with van der Waals surface area (Å²) < 4.78 is 0. The summed E-state index contributed by atoms with van der Waals surface area (Å²) in [5.41, 5.74) is 6.30. The number of nitrogens with zero attached hydrogens (tertiary/aromatic N) is 3. The number of carbonyl (C=O) groups is 7. The Balaban J connectivity index is 1.95. The molecule has 6 N–H and O–H groups in total. The number of anilines is 1. The average molecular weight is 702 g/mol. The fourth-order valence-electron chi connectivity index (χ4n) is 4.96. The van der Waals surface area contributed by atoms with Gasteiger partial charge in [-0.1, -0.05) is 39.1 Å². The topological polar surface area (TPSA) is 212 Å². The van der Waals surface area contributed by atoms with Crippen LogP contribution >= 0.6 is 11.8 Å². The molecule has 0 unspecified atom stereocenters. The maximum atomic E-state index is 13.5. The minimum Gasteiger partial charge on any atom is -0.392 e. The van der Waals surface area contributed by atoms with Crippen LogP contribution in [0, 0.1) is 11.8 Å². The van der Waals surface area contributed by atoms with E-state index in [9.17, 15) is 38.7 Å². The third-order valence-electron chi connectivity index (χ3n) is 7.62. The summed E-state index contributed by atoms with van der Waals surface area (Å²) in [6.45, 7) is 10.5. The second kappa shape index (κ2) is 20.6. The van der Waals surface area contributed by atoms with Gasteiger partial charge in [0.15, 0.2) is 5.78 Å². The van der Waals surface area contributed by atoms with Gasteiger partial charge in [0, 0.05) is 36.7 Å². The van der Waals surface area contributed by atoms with E-state index in [4.69, 9.17) is 5.73 Å². The Hall–Kier alpha value is -4.70. The number of primary amides is 1. The van der Waals surface area contributed by atoms with Gasteiger partial charge in [0.1, 0.15) is 0 Å². The lowest BCUT2D eigenvalue weighted by atomic mass is 9.89. The maximum Gasteiger partial charge on any atom is 0.312 e. The van der Waals surface area contributed by atoms with Gasteiger partial charge in [-0.05, 0) is 48.6 Å². The SMILES string of the molecule is C=CC(=O)N1CN(C(=O)C=C)CN(C(=O)CCSCC(=O)N[C@H](C(=O)C[C@@H](CCCNC(N)=O)C(=O)Nc2ccc(CO)cc2)C(C)C)C1. The first-order valence-corrected chi connectivity index (χ1v) is 17.0. The summed E-state index contributed by atoms with van der Waals surface area (Å²) in [7, 11) is 0. The van der Waals surface area contributed by atoms with E-state index in [1.165, 1.54) is 26.5 Å². The Labute approximate surface area is 290 Å². The monoisotopic (exact) mass is 701 g/mol. The second-order valence-corrected chi connectivity index (χ2v) is 12.9. The number of hydrogen-bond donors (Lipinski definition) is 5. The first-order valence-electron chi connectivity index (χ1n) is 15.8. The number of benzene rings is 1. The van der Waals surface area contributed by atoms with Crippen molar-refractivity contribution in [3.63, 3.8) is 0 Å². The van der Waals surface area contributed by atoms with Crippen molar-refractivity contribution >= 4 is 58.8 Å². The molecule has 0 aliphatic carbocycles. The first kappa shape index (κ1) is 40.5. The molecule has 1 saturated heterocycles. The molecule has 1 aliphatic rings. The molecule has 0 saturated carbocycles. The van der Waals surface area contributed by atoms with Crippen LogP contribution in [0.2, 0.25) is 0 Å². The summed E-state index contributed by atoms with van der Waals surface area (Å²) in [5.74, 6) is -3.12. The molecule has 7 amide bonds. The Morgan fingerprint density at radius 1 is 0.959 bits per heavy atom. The molecule has 1 fully saturated rings. The van der Waals surface area contributed by atoms with E-state index in [0.717, 1.165) is 12.2 Å². The molecule has 0 bridgehead atoms. The number of nitrogens with one attached hydrogen (secondary N) is 3. The van der Waals surface area contributed by atoms with Crippen LogP contribution in [0.3, 0.4) is 0 Å². The van der Waals surface area contributed by atoms with Crippen LogP contribution in [0.25, 0.3) is 0 Å². The number of hydrogen-bond acceptors (Lipinski definition) is 9. The molecule has 1 heterocycles. The molecular weight excluding hydrogens is 654 g/mol. The van der Waals surface area contributed by atoms with Gasteiger partial charge in [-0.2, -0.15) is 11.8 Å². The molecular formula is C33H47N7O8S. The fourth-order valence-corrected chi connectivity index (χ4v) is 5.69. The van der Waals surface area contributed by atoms with Crippen LogP contribution in [0.5, 0.6) is 0 Å². The lowest BCUT2D eigenvalue weighted by molar-refractivity contribution is -0.154. The van der Waals surface area contributed by atoms with Crippen LogP contribution in [0.15, 0.2) is 49.6 Å². The number of thioether (sulfide) groups is 1. The van der Waals surface area contributed by atoms with Crippen LogP contribution in [0.1, 0.15) is 45.1 Å². The highest BCUT2D eigenvalue weighted by molar-refractivity contribution is 7.99. The highest BCUT2D eigenvalue weighted by Gasteiger charge is 2.31. The minimum absolute atomic E-state index is 0.00127. The van der Waals surface area contributed by atoms with E-state index in [1.54, 1.807) is 38.1 Å². The summed E-state index contributed by atoms with van der Waals surface area (Å²) >= 11 is 1.19. The quantitative estimate of drug-likeness (QED) is 0.103. The molecule has 0 spiro atoms. The van der Waals surface area contributed by atoms with Gasteiger partial charge in [0.05, 0.1) is 38.4 Å². The molecule has 15 nitrogen and oxygen atoms in total. The molecule has 0 aromatic heterocycles. The molecule has 1 aromatic carbocycles. The Morgan fingerprint density at radius 3 is 2.08 bits per heavy atom. The van der Waals surface area contributed by atoms with E-state index >= 15 is 0 Å². The number of amides is 7. The van der Waals surface area contributed by atoms with Crippen LogP contribution in [-0.2, 0) is 35.4 Å². The fraction of sp³-hybridized carbons (Fsp3) is 0.485. The van der Waals surface area contributed by atoms with Crippen molar-refractivity contribution in [1.82, 2.24) is 25.3 Å². The zero-order valence-corrected chi connectivity index (χ0v) is 28.8. The van der Waals surface area contributed by atoms with Crippen molar-refractivity contribution in [1.29, 1.82) is 0 Å². The van der Waals surface area contributed by atoms with Gasteiger partial charge in [-0.25, -0.2) is 4.79 Å². The van der Waals surface area contributed by atoms with Gasteiger partial charge in [-0.3, -0.25) is 28.8 Å². The van der Waals surface area contributed by atoms with E-state index in [0.29, 0.717) is 17.7 Å². The van der Waals surface area contributed by atoms with Crippen LogP contribution in [0.4, 0.5) is 10.5 Å². The average Bonchev–Trinajstić information content (AvgIpc) is 3.09. The van der Waals surface area contributed by atoms with Crippen LogP contribution < -0.4 is 21.7 Å². The van der Waals surface area contributed by atoms with E-state index in [-0.39, 0.29) is 81.5 Å². The number of ketones is 1. The molecule has 1 aliphatic heterocycles. The lowest BCUT2D eigenvalue weighted by Gasteiger charge is -2.41. The second-order valence-electron chi connectivity index (χ2n) is 11.8. The van der Waals surface area contributed by atoms with Gasteiger partial charge in [0.25, 0.3) is 0 Å². The highest BCUT2D eigenvalue weighted by atomic mass is 32.2. The lowest BCUT2D eigenvalue weighted by Crippen LogP contribution is -2.59. The highest BCUT2D eigenvalue weighted by Crippen LogP contribution is 2.20. The van der Waals surface area contributed by atoms with Gasteiger partial charge >= 0.3 is 6.03 Å².